The summed E-state index contributed by atoms with van der Waals surface area (Å²) in [7, 11) is 0. The first-order valence-corrected chi connectivity index (χ1v) is 9.47. The zero-order valence-electron chi connectivity index (χ0n) is 15.8. The van der Waals surface area contributed by atoms with Crippen LogP contribution in [0.1, 0.15) is 5.56 Å². The lowest BCUT2D eigenvalue weighted by Crippen LogP contribution is -2.42. The van der Waals surface area contributed by atoms with Crippen LogP contribution in [-0.2, 0) is 17.8 Å². The molecule has 1 aliphatic heterocycles. The second-order valence-electron chi connectivity index (χ2n) is 7.06. The molecule has 6 nitrogen and oxygen atoms in total. The smallest absolute Gasteiger partial charge is 0.203 e. The van der Waals surface area contributed by atoms with Gasteiger partial charge >= 0.3 is 0 Å². The molecular weight excluding hydrogens is 376 g/mol. The van der Waals surface area contributed by atoms with Gasteiger partial charge < -0.3 is 19.0 Å². The topological polar surface area (TPSA) is 66.4 Å². The Morgan fingerprint density at radius 2 is 1.50 bits per heavy atom. The molecule has 1 unspecified atom stereocenters. The van der Waals surface area contributed by atoms with Crippen LogP contribution in [0.25, 0.3) is 11.0 Å². The summed E-state index contributed by atoms with van der Waals surface area (Å²) in [4.78, 5) is 2.22. The van der Waals surface area contributed by atoms with Crippen molar-refractivity contribution >= 4 is 23.4 Å². The third-order valence-electron chi connectivity index (χ3n) is 5.12. The molecule has 0 saturated carbocycles. The highest BCUT2D eigenvalue weighted by Crippen LogP contribution is 2.15. The first-order valence-electron chi connectivity index (χ1n) is 9.47. The molecule has 0 radical (unpaired) electrons. The number of aromatic nitrogens is 2. The van der Waals surface area contributed by atoms with E-state index in [4.69, 9.17) is 10.1 Å². The molecule has 1 aliphatic rings. The van der Waals surface area contributed by atoms with Gasteiger partial charge in [-0.15, -0.1) is 12.4 Å². The molecule has 2 heterocycles. The number of rotatable bonds is 6. The molecule has 1 saturated heterocycles. The summed E-state index contributed by atoms with van der Waals surface area (Å²) < 4.78 is 9.30. The fourth-order valence-corrected chi connectivity index (χ4v) is 3.76. The average Bonchev–Trinajstić information content (AvgIpc) is 2.95. The zero-order chi connectivity index (χ0) is 18.6. The molecule has 28 heavy (non-hydrogen) atoms. The van der Waals surface area contributed by atoms with Crippen molar-refractivity contribution in [3.63, 3.8) is 0 Å². The van der Waals surface area contributed by atoms with E-state index in [1.807, 2.05) is 51.6 Å². The van der Waals surface area contributed by atoms with E-state index in [2.05, 4.69) is 17.0 Å². The van der Waals surface area contributed by atoms with Gasteiger partial charge in [0.2, 0.25) is 5.62 Å². The third-order valence-corrected chi connectivity index (χ3v) is 5.12. The number of fused-ring (bicyclic) bond motifs is 1. The van der Waals surface area contributed by atoms with Crippen LogP contribution >= 0.6 is 12.4 Å². The number of imidazole rings is 1. The van der Waals surface area contributed by atoms with Gasteiger partial charge in [-0.25, -0.2) is 0 Å². The predicted octanol–water partition coefficient (Wildman–Crippen LogP) is 2.09. The Morgan fingerprint density at radius 3 is 2.18 bits per heavy atom. The summed E-state index contributed by atoms with van der Waals surface area (Å²) >= 11 is 0. The number of β-amino-alcohol motifs (C(OH)–C–C–N with tert-alkyl or cyclic N) is 1. The number of nitrogens with zero attached hydrogens (tertiary/aromatic N) is 3. The van der Waals surface area contributed by atoms with Gasteiger partial charge in [0, 0.05) is 19.6 Å². The largest absolute Gasteiger partial charge is 0.390 e. The molecule has 7 heteroatoms. The fourth-order valence-electron chi connectivity index (χ4n) is 3.76. The van der Waals surface area contributed by atoms with Gasteiger partial charge in [-0.1, -0.05) is 42.5 Å². The fraction of sp³-hybridized carbons (Fsp3) is 0.381. The van der Waals surface area contributed by atoms with Crippen LogP contribution in [0.4, 0.5) is 0 Å². The van der Waals surface area contributed by atoms with E-state index in [0.717, 1.165) is 42.9 Å². The highest BCUT2D eigenvalue weighted by molar-refractivity contribution is 5.85. The van der Waals surface area contributed by atoms with Gasteiger partial charge in [-0.2, -0.15) is 0 Å². The van der Waals surface area contributed by atoms with E-state index in [-0.39, 0.29) is 12.4 Å². The van der Waals surface area contributed by atoms with E-state index in [0.29, 0.717) is 25.3 Å². The van der Waals surface area contributed by atoms with E-state index in [9.17, 15) is 5.11 Å². The maximum Gasteiger partial charge on any atom is 0.203 e. The Morgan fingerprint density at radius 1 is 0.893 bits per heavy atom. The lowest BCUT2D eigenvalue weighted by atomic mass is 10.2. The Balaban J connectivity index is 0.00000225. The van der Waals surface area contributed by atoms with Crippen LogP contribution in [0.15, 0.2) is 54.6 Å². The van der Waals surface area contributed by atoms with Crippen molar-refractivity contribution in [2.45, 2.75) is 19.2 Å². The normalized spacial score (nSPS) is 16.0. The molecule has 4 rings (SSSR count). The van der Waals surface area contributed by atoms with Crippen LogP contribution in [0.2, 0.25) is 0 Å². The molecule has 3 aromatic rings. The average molecular weight is 403 g/mol. The molecule has 0 aliphatic carbocycles. The van der Waals surface area contributed by atoms with Gasteiger partial charge in [0.25, 0.3) is 0 Å². The van der Waals surface area contributed by atoms with Gasteiger partial charge in [-0.3, -0.25) is 10.3 Å². The minimum absolute atomic E-state index is 0. The van der Waals surface area contributed by atoms with E-state index in [1.165, 1.54) is 0 Å². The summed E-state index contributed by atoms with van der Waals surface area (Å²) in [6.07, 6.45) is -0.520. The zero-order valence-corrected chi connectivity index (χ0v) is 16.6. The quantitative estimate of drug-likeness (QED) is 0.663. The number of benzene rings is 2. The summed E-state index contributed by atoms with van der Waals surface area (Å²) in [5.74, 6) is 0. The van der Waals surface area contributed by atoms with E-state index >= 15 is 0 Å². The number of aliphatic hydroxyl groups excluding tert-OH is 1. The minimum atomic E-state index is -0.520. The lowest BCUT2D eigenvalue weighted by Gasteiger charge is -2.28. The third kappa shape index (κ3) is 4.47. The lowest BCUT2D eigenvalue weighted by molar-refractivity contribution is 0.0114. The molecular formula is C21H27ClN4O2. The highest BCUT2D eigenvalue weighted by atomic mass is 35.5. The molecule has 1 aromatic heterocycles. The molecule has 1 fully saturated rings. The first-order chi connectivity index (χ1) is 13.2. The minimum Gasteiger partial charge on any atom is -0.390 e. The van der Waals surface area contributed by atoms with Crippen molar-refractivity contribution in [2.24, 2.45) is 0 Å². The van der Waals surface area contributed by atoms with Crippen LogP contribution in [-0.4, -0.2) is 58.1 Å². The van der Waals surface area contributed by atoms with Crippen molar-refractivity contribution in [1.82, 2.24) is 14.0 Å². The van der Waals surface area contributed by atoms with Crippen LogP contribution in [0.3, 0.4) is 0 Å². The van der Waals surface area contributed by atoms with Crippen LogP contribution in [0.5, 0.6) is 0 Å². The molecule has 2 aromatic carbocycles. The van der Waals surface area contributed by atoms with Gasteiger partial charge in [0.15, 0.2) is 0 Å². The molecule has 150 valence electrons. The van der Waals surface area contributed by atoms with Crippen molar-refractivity contribution in [2.75, 3.05) is 32.8 Å². The van der Waals surface area contributed by atoms with Gasteiger partial charge in [0.1, 0.15) is 0 Å². The van der Waals surface area contributed by atoms with Crippen molar-refractivity contribution in [3.8, 4) is 0 Å². The van der Waals surface area contributed by atoms with Crippen LogP contribution < -0.4 is 5.62 Å². The number of hydrogen-bond donors (Lipinski definition) is 2. The summed E-state index contributed by atoms with van der Waals surface area (Å²) in [6.45, 7) is 4.82. The van der Waals surface area contributed by atoms with Gasteiger partial charge in [0.05, 0.1) is 43.4 Å². The molecule has 0 bridgehead atoms. The Hall–Kier alpha value is -2.12. The Labute approximate surface area is 170 Å². The molecule has 2 N–H and O–H groups in total. The van der Waals surface area contributed by atoms with E-state index in [1.54, 1.807) is 0 Å². The summed E-state index contributed by atoms with van der Waals surface area (Å²) in [5, 5.41) is 19.4. The van der Waals surface area contributed by atoms with Gasteiger partial charge in [-0.05, 0) is 17.7 Å². The number of ether oxygens (including phenoxy) is 1. The number of hydrogen-bond acceptors (Lipinski definition) is 4. The first kappa shape index (κ1) is 20.6. The number of aliphatic hydroxyl groups is 1. The van der Waals surface area contributed by atoms with E-state index < -0.39 is 6.10 Å². The number of halogens is 1. The summed E-state index contributed by atoms with van der Waals surface area (Å²) in [5.41, 5.74) is 3.58. The molecule has 0 spiro atoms. The van der Waals surface area contributed by atoms with Crippen LogP contribution in [0, 0.1) is 5.41 Å². The monoisotopic (exact) mass is 402 g/mol. The second kappa shape index (κ2) is 9.39. The maximum absolute atomic E-state index is 10.6. The standard InChI is InChI=1S/C21H26N4O2.ClH/c22-21-24(14-17-6-2-1-3-7-17)19-8-4-5-9-20(19)25(21)16-18(26)15-23-10-12-27-13-11-23;/h1-9,18,22,26H,10-16H2;1H. The highest BCUT2D eigenvalue weighted by Gasteiger charge is 2.18. The number of nitrogens with one attached hydrogen (secondary N) is 1. The Bertz CT molecular complexity index is 948. The number of para-hydroxylation sites is 2. The maximum atomic E-state index is 10.6. The van der Waals surface area contributed by atoms with Crippen molar-refractivity contribution < 1.29 is 9.84 Å². The second-order valence-corrected chi connectivity index (χ2v) is 7.06. The SMILES string of the molecule is Cl.N=c1n(Cc2ccccc2)c2ccccc2n1CC(O)CN1CCOCC1. The Kier molecular flexibility index (Phi) is 6.91. The number of morpholine rings is 1. The summed E-state index contributed by atoms with van der Waals surface area (Å²) in [6, 6.07) is 18.2. The predicted molar refractivity (Wildman–Crippen MR) is 112 cm³/mol. The molecule has 0 amide bonds. The molecule has 1 atom stereocenters. The van der Waals surface area contributed by atoms with Crippen molar-refractivity contribution in [3.05, 3.63) is 65.8 Å². The van der Waals surface area contributed by atoms with Crippen molar-refractivity contribution in [1.29, 1.82) is 5.41 Å².